The van der Waals surface area contributed by atoms with E-state index < -0.39 is 5.91 Å². The molecule has 5 heteroatoms. The van der Waals surface area contributed by atoms with E-state index in [-0.39, 0.29) is 30.8 Å². The average Bonchev–Trinajstić information content (AvgIpc) is 2.70. The van der Waals surface area contributed by atoms with Crippen LogP contribution >= 0.6 is 0 Å². The van der Waals surface area contributed by atoms with Crippen LogP contribution in [0.5, 0.6) is 0 Å². The van der Waals surface area contributed by atoms with Crippen molar-refractivity contribution in [2.45, 2.75) is 45.1 Å². The van der Waals surface area contributed by atoms with Gasteiger partial charge in [-0.1, -0.05) is 36.4 Å². The van der Waals surface area contributed by atoms with Crippen LogP contribution < -0.4 is 5.32 Å². The van der Waals surface area contributed by atoms with E-state index in [1.54, 1.807) is 18.2 Å². The predicted molar refractivity (Wildman–Crippen MR) is 106 cm³/mol. The zero-order valence-electron chi connectivity index (χ0n) is 16.0. The summed E-state index contributed by atoms with van der Waals surface area (Å²) in [6.07, 6.45) is 4.80. The van der Waals surface area contributed by atoms with Crippen molar-refractivity contribution in [3.05, 3.63) is 70.3 Å². The number of amides is 3. The summed E-state index contributed by atoms with van der Waals surface area (Å²) in [5.41, 5.74) is 5.03. The molecular formula is C23H24N2O3. The fourth-order valence-corrected chi connectivity index (χ4v) is 4.10. The molecular weight excluding hydrogens is 352 g/mol. The summed E-state index contributed by atoms with van der Waals surface area (Å²) in [6, 6.07) is 13.3. The van der Waals surface area contributed by atoms with E-state index in [2.05, 4.69) is 23.5 Å². The van der Waals surface area contributed by atoms with Gasteiger partial charge in [0.25, 0.3) is 5.91 Å². The van der Waals surface area contributed by atoms with Crippen molar-refractivity contribution in [1.82, 2.24) is 10.2 Å². The molecule has 28 heavy (non-hydrogen) atoms. The Balaban J connectivity index is 1.43. The minimum Gasteiger partial charge on any atom is -0.348 e. The monoisotopic (exact) mass is 376 g/mol. The molecule has 4 rings (SSSR count). The lowest BCUT2D eigenvalue weighted by atomic mass is 9.89. The first-order chi connectivity index (χ1) is 13.5. The molecule has 0 saturated carbocycles. The van der Waals surface area contributed by atoms with Gasteiger partial charge in [0.1, 0.15) is 6.54 Å². The van der Waals surface area contributed by atoms with Crippen LogP contribution in [0.2, 0.25) is 0 Å². The first-order valence-corrected chi connectivity index (χ1v) is 9.86. The molecule has 0 saturated heterocycles. The van der Waals surface area contributed by atoms with Gasteiger partial charge in [-0.2, -0.15) is 0 Å². The molecule has 144 valence electrons. The summed E-state index contributed by atoms with van der Waals surface area (Å²) in [4.78, 5) is 38.5. The van der Waals surface area contributed by atoms with Gasteiger partial charge in [0.05, 0.1) is 12.5 Å². The van der Waals surface area contributed by atoms with Crippen molar-refractivity contribution >= 4 is 17.7 Å². The number of aryl methyl sites for hydroxylation is 2. The molecule has 1 aliphatic carbocycles. The lowest BCUT2D eigenvalue weighted by Crippen LogP contribution is -2.47. The van der Waals surface area contributed by atoms with Crippen LogP contribution in [0, 0.1) is 0 Å². The van der Waals surface area contributed by atoms with Crippen molar-refractivity contribution in [3.63, 3.8) is 0 Å². The lowest BCUT2D eigenvalue weighted by molar-refractivity contribution is -0.133. The van der Waals surface area contributed by atoms with E-state index in [1.165, 1.54) is 24.0 Å². The maximum Gasteiger partial charge on any atom is 0.261 e. The van der Waals surface area contributed by atoms with Crippen molar-refractivity contribution in [2.24, 2.45) is 0 Å². The average molecular weight is 376 g/mol. The van der Waals surface area contributed by atoms with E-state index in [0.29, 0.717) is 5.56 Å². The van der Waals surface area contributed by atoms with Crippen LogP contribution in [0.3, 0.4) is 0 Å². The Hall–Kier alpha value is -2.95. The number of nitrogens with one attached hydrogen (secondary N) is 1. The zero-order valence-corrected chi connectivity index (χ0v) is 16.0. The highest BCUT2D eigenvalue weighted by atomic mass is 16.2. The number of carbonyl (C=O) groups is 3. The summed E-state index contributed by atoms with van der Waals surface area (Å²) in [5.74, 6) is -1.06. The van der Waals surface area contributed by atoms with Crippen LogP contribution in [0.1, 0.15) is 58.4 Å². The minimum absolute atomic E-state index is 0.148. The Morgan fingerprint density at radius 1 is 1.04 bits per heavy atom. The van der Waals surface area contributed by atoms with E-state index >= 15 is 0 Å². The van der Waals surface area contributed by atoms with E-state index in [4.69, 9.17) is 0 Å². The third kappa shape index (κ3) is 3.57. The molecule has 1 aliphatic heterocycles. The third-order valence-electron chi connectivity index (χ3n) is 5.69. The maximum atomic E-state index is 12.6. The highest BCUT2D eigenvalue weighted by Gasteiger charge is 2.32. The third-order valence-corrected chi connectivity index (χ3v) is 5.69. The number of benzene rings is 2. The number of carbonyl (C=O) groups excluding carboxylic acids is 3. The van der Waals surface area contributed by atoms with Gasteiger partial charge in [-0.05, 0) is 60.9 Å². The van der Waals surface area contributed by atoms with Gasteiger partial charge in [0, 0.05) is 5.56 Å². The van der Waals surface area contributed by atoms with Crippen LogP contribution in [0.4, 0.5) is 0 Å². The minimum atomic E-state index is -0.400. The Labute approximate surface area is 164 Å². The van der Waals surface area contributed by atoms with Gasteiger partial charge in [-0.3, -0.25) is 19.3 Å². The van der Waals surface area contributed by atoms with Crippen LogP contribution in [0.25, 0.3) is 0 Å². The number of imide groups is 1. The fourth-order valence-electron chi connectivity index (χ4n) is 4.10. The molecule has 0 spiro atoms. The van der Waals surface area contributed by atoms with Gasteiger partial charge in [-0.15, -0.1) is 0 Å². The quantitative estimate of drug-likeness (QED) is 0.835. The second kappa shape index (κ2) is 7.58. The smallest absolute Gasteiger partial charge is 0.261 e. The van der Waals surface area contributed by atoms with Gasteiger partial charge < -0.3 is 5.32 Å². The van der Waals surface area contributed by atoms with Gasteiger partial charge in [0.15, 0.2) is 0 Å². The highest BCUT2D eigenvalue weighted by Crippen LogP contribution is 2.25. The van der Waals surface area contributed by atoms with Crippen molar-refractivity contribution in [2.75, 3.05) is 6.54 Å². The number of nitrogens with zero attached hydrogens (tertiary/aromatic N) is 1. The molecule has 2 aromatic rings. The normalized spacial score (nSPS) is 17.0. The lowest BCUT2D eigenvalue weighted by Gasteiger charge is -2.27. The Morgan fingerprint density at radius 3 is 2.61 bits per heavy atom. The van der Waals surface area contributed by atoms with Crippen molar-refractivity contribution in [1.29, 1.82) is 0 Å². The molecule has 1 heterocycles. The molecule has 0 fully saturated rings. The van der Waals surface area contributed by atoms with E-state index in [0.717, 1.165) is 28.9 Å². The molecule has 0 unspecified atom stereocenters. The molecule has 0 bridgehead atoms. The standard InChI is InChI=1S/C23H24N2O3/c1-15(17-11-10-16-6-2-3-7-18(16)12-17)24-21(26)14-25-22(27)13-19-8-4-5-9-20(19)23(25)28/h4-5,8-12,15H,2-3,6-7,13-14H2,1H3,(H,24,26)/t15-/m1/s1. The summed E-state index contributed by atoms with van der Waals surface area (Å²) in [5, 5.41) is 2.93. The number of hydrogen-bond acceptors (Lipinski definition) is 3. The Morgan fingerprint density at radius 2 is 1.79 bits per heavy atom. The Kier molecular flexibility index (Phi) is 4.99. The second-order valence-corrected chi connectivity index (χ2v) is 7.64. The largest absolute Gasteiger partial charge is 0.348 e. The molecule has 2 aromatic carbocycles. The Bertz CT molecular complexity index is 951. The van der Waals surface area contributed by atoms with Gasteiger partial charge in [-0.25, -0.2) is 0 Å². The molecule has 1 atom stereocenters. The van der Waals surface area contributed by atoms with Crippen LogP contribution in [-0.2, 0) is 28.9 Å². The first-order valence-electron chi connectivity index (χ1n) is 9.86. The van der Waals surface area contributed by atoms with Crippen molar-refractivity contribution < 1.29 is 14.4 Å². The SMILES string of the molecule is C[C@@H](NC(=O)CN1C(=O)Cc2ccccc2C1=O)c1ccc2c(c1)CCCC2. The molecule has 5 nitrogen and oxygen atoms in total. The second-order valence-electron chi connectivity index (χ2n) is 7.64. The summed E-state index contributed by atoms with van der Waals surface area (Å²) < 4.78 is 0. The number of hydrogen-bond donors (Lipinski definition) is 1. The first kappa shape index (κ1) is 18.4. The van der Waals surface area contributed by atoms with Gasteiger partial charge in [0.2, 0.25) is 11.8 Å². The summed E-state index contributed by atoms with van der Waals surface area (Å²) in [6.45, 7) is 1.68. The predicted octanol–water partition coefficient (Wildman–Crippen LogP) is 2.97. The van der Waals surface area contributed by atoms with E-state index in [9.17, 15) is 14.4 Å². The molecule has 3 amide bonds. The number of rotatable bonds is 4. The van der Waals surface area contributed by atoms with Gasteiger partial charge >= 0.3 is 0 Å². The maximum absolute atomic E-state index is 12.6. The molecule has 0 aromatic heterocycles. The van der Waals surface area contributed by atoms with Crippen LogP contribution in [-0.4, -0.2) is 29.2 Å². The molecule has 0 radical (unpaired) electrons. The number of fused-ring (bicyclic) bond motifs is 2. The summed E-state index contributed by atoms with van der Waals surface area (Å²) in [7, 11) is 0. The zero-order chi connectivity index (χ0) is 19.7. The fraction of sp³-hybridized carbons (Fsp3) is 0.348. The summed E-state index contributed by atoms with van der Waals surface area (Å²) >= 11 is 0. The molecule has 1 N–H and O–H groups in total. The topological polar surface area (TPSA) is 66.5 Å². The van der Waals surface area contributed by atoms with E-state index in [1.807, 2.05) is 13.0 Å². The molecule has 2 aliphatic rings. The van der Waals surface area contributed by atoms with Crippen molar-refractivity contribution in [3.8, 4) is 0 Å². The highest BCUT2D eigenvalue weighted by molar-refractivity contribution is 6.11. The van der Waals surface area contributed by atoms with Crippen LogP contribution in [0.15, 0.2) is 42.5 Å².